The number of benzene rings is 2. The molecule has 0 radical (unpaired) electrons. The average molecular weight is 380 g/mol. The number of carbonyl (C=O) groups is 2. The molecule has 0 atom stereocenters. The Hall–Kier alpha value is -2.82. The van der Waals surface area contributed by atoms with E-state index in [2.05, 4.69) is 12.2 Å². The Balaban J connectivity index is 1.45. The predicted octanol–water partition coefficient (Wildman–Crippen LogP) is 3.36. The molecule has 0 aliphatic carbocycles. The number of hydrogen-bond acceptors (Lipinski definition) is 3. The fraction of sp³-hybridized carbons (Fsp3) is 0.391. The molecular weight excluding hydrogens is 352 g/mol. The number of hydrogen-bond donors (Lipinski definition) is 1. The van der Waals surface area contributed by atoms with Gasteiger partial charge in [-0.25, -0.2) is 0 Å². The van der Waals surface area contributed by atoms with Crippen LogP contribution >= 0.6 is 0 Å². The van der Waals surface area contributed by atoms with E-state index < -0.39 is 0 Å². The highest BCUT2D eigenvalue weighted by Gasteiger charge is 2.24. The average Bonchev–Trinajstić information content (AvgIpc) is 2.72. The molecule has 2 aromatic rings. The summed E-state index contributed by atoms with van der Waals surface area (Å²) in [5.74, 6) is 0.723. The van der Waals surface area contributed by atoms with Crippen molar-refractivity contribution in [2.24, 2.45) is 0 Å². The molecule has 1 saturated heterocycles. The summed E-state index contributed by atoms with van der Waals surface area (Å²) >= 11 is 0. The highest BCUT2D eigenvalue weighted by molar-refractivity contribution is 5.94. The molecule has 0 aromatic heterocycles. The second kappa shape index (κ2) is 9.40. The van der Waals surface area contributed by atoms with Crippen molar-refractivity contribution in [1.29, 1.82) is 0 Å². The van der Waals surface area contributed by atoms with Crippen molar-refractivity contribution in [3.8, 4) is 5.75 Å². The van der Waals surface area contributed by atoms with Gasteiger partial charge in [-0.2, -0.15) is 0 Å². The summed E-state index contributed by atoms with van der Waals surface area (Å²) in [5, 5.41) is 3.09. The molecule has 2 aromatic carbocycles. The van der Waals surface area contributed by atoms with Crippen molar-refractivity contribution in [1.82, 2.24) is 10.2 Å². The molecule has 1 aliphatic rings. The normalized spacial score (nSPS) is 14.6. The van der Waals surface area contributed by atoms with Crippen LogP contribution in [0.4, 0.5) is 0 Å². The number of aryl methyl sites for hydroxylation is 2. The SMILES string of the molecule is CCc1ccccc1OCC(=O)N1CCC(NC(=O)c2cccc(C)c2)CC1. The minimum atomic E-state index is -0.0482. The first kappa shape index (κ1) is 19.9. The van der Waals surface area contributed by atoms with Crippen LogP contribution in [0.3, 0.4) is 0 Å². The summed E-state index contributed by atoms with van der Waals surface area (Å²) in [6.45, 7) is 5.37. The van der Waals surface area contributed by atoms with Crippen LogP contribution in [0.15, 0.2) is 48.5 Å². The number of likely N-dealkylation sites (tertiary alicyclic amines) is 1. The van der Waals surface area contributed by atoms with Crippen molar-refractivity contribution in [2.75, 3.05) is 19.7 Å². The van der Waals surface area contributed by atoms with Crippen LogP contribution < -0.4 is 10.1 Å². The summed E-state index contributed by atoms with van der Waals surface area (Å²) in [6.07, 6.45) is 2.39. The number of amides is 2. The van der Waals surface area contributed by atoms with Gasteiger partial charge >= 0.3 is 0 Å². The lowest BCUT2D eigenvalue weighted by Gasteiger charge is -2.32. The van der Waals surface area contributed by atoms with Crippen LogP contribution in [0.2, 0.25) is 0 Å². The number of ether oxygens (including phenoxy) is 1. The van der Waals surface area contributed by atoms with Gasteiger partial charge in [0.2, 0.25) is 0 Å². The number of nitrogens with one attached hydrogen (secondary N) is 1. The van der Waals surface area contributed by atoms with E-state index in [0.29, 0.717) is 18.7 Å². The van der Waals surface area contributed by atoms with Crippen molar-refractivity contribution in [3.63, 3.8) is 0 Å². The molecule has 28 heavy (non-hydrogen) atoms. The molecular formula is C23H28N2O3. The number of carbonyl (C=O) groups excluding carboxylic acids is 2. The first-order valence-electron chi connectivity index (χ1n) is 9.93. The Morgan fingerprint density at radius 1 is 1.11 bits per heavy atom. The van der Waals surface area contributed by atoms with Crippen molar-refractivity contribution < 1.29 is 14.3 Å². The Morgan fingerprint density at radius 2 is 1.86 bits per heavy atom. The van der Waals surface area contributed by atoms with E-state index in [9.17, 15) is 9.59 Å². The molecule has 2 amide bonds. The van der Waals surface area contributed by atoms with Gasteiger partial charge in [0.15, 0.2) is 6.61 Å². The minimum Gasteiger partial charge on any atom is -0.483 e. The maximum absolute atomic E-state index is 12.5. The highest BCUT2D eigenvalue weighted by atomic mass is 16.5. The third kappa shape index (κ3) is 5.12. The molecule has 0 saturated carbocycles. The quantitative estimate of drug-likeness (QED) is 0.836. The van der Waals surface area contributed by atoms with Crippen LogP contribution in [0, 0.1) is 6.92 Å². The Kier molecular flexibility index (Phi) is 6.69. The van der Waals surface area contributed by atoms with Gasteiger partial charge in [0, 0.05) is 24.7 Å². The second-order valence-corrected chi connectivity index (χ2v) is 7.25. The van der Waals surface area contributed by atoms with Crippen LogP contribution in [-0.4, -0.2) is 42.5 Å². The summed E-state index contributed by atoms with van der Waals surface area (Å²) in [6, 6.07) is 15.5. The van der Waals surface area contributed by atoms with E-state index in [1.807, 2.05) is 60.4 Å². The van der Waals surface area contributed by atoms with Gasteiger partial charge < -0.3 is 15.0 Å². The lowest BCUT2D eigenvalue weighted by atomic mass is 10.0. The fourth-order valence-electron chi connectivity index (χ4n) is 3.50. The second-order valence-electron chi connectivity index (χ2n) is 7.25. The lowest BCUT2D eigenvalue weighted by molar-refractivity contribution is -0.134. The molecule has 1 fully saturated rings. The Morgan fingerprint density at radius 3 is 2.57 bits per heavy atom. The third-order valence-corrected chi connectivity index (χ3v) is 5.17. The van der Waals surface area contributed by atoms with Gasteiger partial charge in [0.25, 0.3) is 11.8 Å². The smallest absolute Gasteiger partial charge is 0.260 e. The molecule has 0 spiro atoms. The van der Waals surface area contributed by atoms with Gasteiger partial charge in [0.1, 0.15) is 5.75 Å². The van der Waals surface area contributed by atoms with Crippen molar-refractivity contribution in [2.45, 2.75) is 39.2 Å². The molecule has 0 unspecified atom stereocenters. The van der Waals surface area contributed by atoms with Gasteiger partial charge in [-0.3, -0.25) is 9.59 Å². The fourth-order valence-corrected chi connectivity index (χ4v) is 3.50. The first-order valence-corrected chi connectivity index (χ1v) is 9.93. The molecule has 1 N–H and O–H groups in total. The highest BCUT2D eigenvalue weighted by Crippen LogP contribution is 2.19. The zero-order valence-electron chi connectivity index (χ0n) is 16.6. The van der Waals surface area contributed by atoms with Crippen LogP contribution in [0.1, 0.15) is 41.3 Å². The first-order chi connectivity index (χ1) is 13.6. The topological polar surface area (TPSA) is 58.6 Å². The molecule has 1 aliphatic heterocycles. The largest absolute Gasteiger partial charge is 0.483 e. The van der Waals surface area contributed by atoms with Crippen molar-refractivity contribution >= 4 is 11.8 Å². The van der Waals surface area contributed by atoms with Gasteiger partial charge in [0.05, 0.1) is 0 Å². The van der Waals surface area contributed by atoms with E-state index in [1.165, 1.54) is 0 Å². The van der Waals surface area contributed by atoms with E-state index in [4.69, 9.17) is 4.74 Å². The monoisotopic (exact) mass is 380 g/mol. The molecule has 5 heteroatoms. The molecule has 148 valence electrons. The summed E-state index contributed by atoms with van der Waals surface area (Å²) in [7, 11) is 0. The van der Waals surface area contributed by atoms with Gasteiger partial charge in [-0.15, -0.1) is 0 Å². The maximum Gasteiger partial charge on any atom is 0.260 e. The van der Waals surface area contributed by atoms with Gasteiger partial charge in [-0.05, 0) is 49.9 Å². The van der Waals surface area contributed by atoms with E-state index in [1.54, 1.807) is 0 Å². The molecule has 0 bridgehead atoms. The number of piperidine rings is 1. The van der Waals surface area contributed by atoms with E-state index >= 15 is 0 Å². The predicted molar refractivity (Wildman–Crippen MR) is 110 cm³/mol. The maximum atomic E-state index is 12.5. The standard InChI is InChI=1S/C23H28N2O3/c1-3-18-8-4-5-10-21(18)28-16-22(26)25-13-11-20(12-14-25)24-23(27)19-9-6-7-17(2)15-19/h4-10,15,20H,3,11-14,16H2,1-2H3,(H,24,27). The summed E-state index contributed by atoms with van der Waals surface area (Å²) in [5.41, 5.74) is 2.85. The molecule has 1 heterocycles. The zero-order valence-corrected chi connectivity index (χ0v) is 16.6. The minimum absolute atomic E-state index is 0.00522. The van der Waals surface area contributed by atoms with Crippen LogP contribution in [0.5, 0.6) is 5.75 Å². The van der Waals surface area contributed by atoms with E-state index in [-0.39, 0.29) is 24.5 Å². The van der Waals surface area contributed by atoms with Crippen LogP contribution in [0.25, 0.3) is 0 Å². The number of nitrogens with zero attached hydrogens (tertiary/aromatic N) is 1. The van der Waals surface area contributed by atoms with Gasteiger partial charge in [-0.1, -0.05) is 42.8 Å². The summed E-state index contributed by atoms with van der Waals surface area (Å²) in [4.78, 5) is 26.7. The Labute approximate surface area is 166 Å². The molecule has 3 rings (SSSR count). The van der Waals surface area contributed by atoms with E-state index in [0.717, 1.165) is 36.1 Å². The number of para-hydroxylation sites is 1. The summed E-state index contributed by atoms with van der Waals surface area (Å²) < 4.78 is 5.74. The lowest BCUT2D eigenvalue weighted by Crippen LogP contribution is -2.47. The van der Waals surface area contributed by atoms with Crippen molar-refractivity contribution in [3.05, 3.63) is 65.2 Å². The number of rotatable bonds is 6. The third-order valence-electron chi connectivity index (χ3n) is 5.17. The molecule has 5 nitrogen and oxygen atoms in total. The Bertz CT molecular complexity index is 826. The zero-order chi connectivity index (χ0) is 19.9. The van der Waals surface area contributed by atoms with Crippen LogP contribution in [-0.2, 0) is 11.2 Å².